The quantitative estimate of drug-likeness (QED) is 0.785. The van der Waals surface area contributed by atoms with E-state index in [1.165, 1.54) is 0 Å². The summed E-state index contributed by atoms with van der Waals surface area (Å²) in [5, 5.41) is 10.2. The number of hydrogen-bond donors (Lipinski definition) is 1. The van der Waals surface area contributed by atoms with Gasteiger partial charge in [0.05, 0.1) is 6.10 Å². The predicted octanol–water partition coefficient (Wildman–Crippen LogP) is 2.51. The van der Waals surface area contributed by atoms with E-state index in [0.717, 1.165) is 0 Å². The van der Waals surface area contributed by atoms with Crippen molar-refractivity contribution in [3.8, 4) is 0 Å². The Morgan fingerprint density at radius 3 is 2.33 bits per heavy atom. The third kappa shape index (κ3) is 3.87. The Morgan fingerprint density at radius 1 is 1.33 bits per heavy atom. The van der Waals surface area contributed by atoms with Gasteiger partial charge in [0.2, 0.25) is 0 Å². The summed E-state index contributed by atoms with van der Waals surface area (Å²) in [5.74, 6) is 0.577. The third-order valence-corrected chi connectivity index (χ3v) is 3.47. The van der Waals surface area contributed by atoms with Crippen LogP contribution in [0.4, 0.5) is 4.79 Å². The lowest BCUT2D eigenvalue weighted by Crippen LogP contribution is -2.53. The molecule has 0 spiro atoms. The smallest absolute Gasteiger partial charge is 0.410 e. The fourth-order valence-electron chi connectivity index (χ4n) is 2.40. The highest BCUT2D eigenvalue weighted by molar-refractivity contribution is 5.68. The molecule has 0 aliphatic carbocycles. The van der Waals surface area contributed by atoms with Crippen molar-refractivity contribution in [1.29, 1.82) is 0 Å². The van der Waals surface area contributed by atoms with Gasteiger partial charge in [0.15, 0.2) is 0 Å². The van der Waals surface area contributed by atoms with Crippen molar-refractivity contribution in [3.63, 3.8) is 0 Å². The van der Waals surface area contributed by atoms with Crippen LogP contribution in [0.25, 0.3) is 0 Å². The van der Waals surface area contributed by atoms with Crippen LogP contribution >= 0.6 is 0 Å². The number of hydrogen-bond acceptors (Lipinski definition) is 3. The molecular formula is C14H27NO3. The number of piperidine rings is 1. The van der Waals surface area contributed by atoms with Crippen LogP contribution in [0.1, 0.15) is 41.5 Å². The van der Waals surface area contributed by atoms with Crippen molar-refractivity contribution in [1.82, 2.24) is 4.90 Å². The van der Waals surface area contributed by atoms with E-state index in [9.17, 15) is 9.90 Å². The fourth-order valence-corrected chi connectivity index (χ4v) is 2.40. The van der Waals surface area contributed by atoms with E-state index in [-0.39, 0.29) is 24.0 Å². The number of nitrogens with zero attached hydrogens (tertiary/aromatic N) is 1. The van der Waals surface area contributed by atoms with Crippen LogP contribution in [-0.4, -0.2) is 40.9 Å². The van der Waals surface area contributed by atoms with Gasteiger partial charge in [0.1, 0.15) is 5.60 Å². The molecule has 0 aromatic carbocycles. The van der Waals surface area contributed by atoms with E-state index < -0.39 is 5.60 Å². The topological polar surface area (TPSA) is 49.8 Å². The van der Waals surface area contributed by atoms with Crippen LogP contribution in [0.3, 0.4) is 0 Å². The van der Waals surface area contributed by atoms with Gasteiger partial charge in [0, 0.05) is 24.9 Å². The Labute approximate surface area is 110 Å². The number of ether oxygens (including phenoxy) is 1. The van der Waals surface area contributed by atoms with Gasteiger partial charge >= 0.3 is 6.09 Å². The molecular weight excluding hydrogens is 230 g/mol. The van der Waals surface area contributed by atoms with Crippen molar-refractivity contribution < 1.29 is 14.6 Å². The first-order chi connectivity index (χ1) is 8.11. The van der Waals surface area contributed by atoms with Crippen LogP contribution < -0.4 is 0 Å². The summed E-state index contributed by atoms with van der Waals surface area (Å²) >= 11 is 0. The Hall–Kier alpha value is -0.770. The first kappa shape index (κ1) is 15.3. The SMILES string of the molecule is CC(C)C1CN(C(=O)OC(C)(C)C)CC(C)C1O. The molecule has 18 heavy (non-hydrogen) atoms. The minimum absolute atomic E-state index is 0.0960. The summed E-state index contributed by atoms with van der Waals surface area (Å²) < 4.78 is 5.39. The van der Waals surface area contributed by atoms with Crippen molar-refractivity contribution in [2.75, 3.05) is 13.1 Å². The molecule has 106 valence electrons. The Morgan fingerprint density at radius 2 is 1.89 bits per heavy atom. The van der Waals surface area contributed by atoms with Gasteiger partial charge in [-0.25, -0.2) is 4.79 Å². The van der Waals surface area contributed by atoms with E-state index in [2.05, 4.69) is 13.8 Å². The normalized spacial score (nSPS) is 29.6. The zero-order valence-electron chi connectivity index (χ0n) is 12.4. The molecule has 0 aromatic rings. The zero-order valence-corrected chi connectivity index (χ0v) is 12.4. The molecule has 3 atom stereocenters. The number of aliphatic hydroxyl groups excluding tert-OH is 1. The molecule has 1 N–H and O–H groups in total. The van der Waals surface area contributed by atoms with Crippen LogP contribution in [-0.2, 0) is 4.74 Å². The lowest BCUT2D eigenvalue weighted by molar-refractivity contribution is -0.0436. The molecule has 1 heterocycles. The zero-order chi connectivity index (χ0) is 14.1. The van der Waals surface area contributed by atoms with Crippen LogP contribution in [0, 0.1) is 17.8 Å². The maximum Gasteiger partial charge on any atom is 0.410 e. The summed E-state index contributed by atoms with van der Waals surface area (Å²) in [7, 11) is 0. The molecule has 1 aliphatic rings. The molecule has 1 fully saturated rings. The standard InChI is InChI=1S/C14H27NO3/c1-9(2)11-8-15(7-10(3)12(11)16)13(17)18-14(4,5)6/h9-12,16H,7-8H2,1-6H3. The van der Waals surface area contributed by atoms with E-state index in [0.29, 0.717) is 19.0 Å². The van der Waals surface area contributed by atoms with Crippen LogP contribution in [0.2, 0.25) is 0 Å². The summed E-state index contributed by atoms with van der Waals surface area (Å²) in [6.45, 7) is 12.9. The summed E-state index contributed by atoms with van der Waals surface area (Å²) in [6.07, 6.45) is -0.601. The van der Waals surface area contributed by atoms with E-state index in [1.54, 1.807) is 4.90 Å². The second-order valence-electron chi connectivity index (χ2n) is 6.76. The fraction of sp³-hybridized carbons (Fsp3) is 0.929. The number of likely N-dealkylation sites (tertiary alicyclic amines) is 1. The summed E-state index contributed by atoms with van der Waals surface area (Å²) in [4.78, 5) is 13.8. The van der Waals surface area contributed by atoms with E-state index >= 15 is 0 Å². The van der Waals surface area contributed by atoms with E-state index in [1.807, 2.05) is 27.7 Å². The molecule has 1 amide bonds. The number of aliphatic hydroxyl groups is 1. The van der Waals surface area contributed by atoms with Gasteiger partial charge in [-0.2, -0.15) is 0 Å². The Bertz CT molecular complexity index is 296. The second kappa shape index (κ2) is 5.47. The largest absolute Gasteiger partial charge is 0.444 e. The molecule has 4 heteroatoms. The molecule has 1 saturated heterocycles. The van der Waals surface area contributed by atoms with Crippen LogP contribution in [0.5, 0.6) is 0 Å². The lowest BCUT2D eigenvalue weighted by Gasteiger charge is -2.42. The average molecular weight is 257 g/mol. The number of carbonyl (C=O) groups excluding carboxylic acids is 1. The minimum Gasteiger partial charge on any atom is -0.444 e. The summed E-state index contributed by atoms with van der Waals surface area (Å²) in [6, 6.07) is 0. The molecule has 0 aromatic heterocycles. The monoisotopic (exact) mass is 257 g/mol. The van der Waals surface area contributed by atoms with Gasteiger partial charge in [-0.05, 0) is 26.7 Å². The van der Waals surface area contributed by atoms with Crippen molar-refractivity contribution >= 4 is 6.09 Å². The van der Waals surface area contributed by atoms with Gasteiger partial charge in [-0.1, -0.05) is 20.8 Å². The van der Waals surface area contributed by atoms with Gasteiger partial charge in [-0.3, -0.25) is 0 Å². The van der Waals surface area contributed by atoms with Crippen molar-refractivity contribution in [3.05, 3.63) is 0 Å². The first-order valence-electron chi connectivity index (χ1n) is 6.78. The molecule has 0 saturated carbocycles. The maximum atomic E-state index is 12.1. The molecule has 3 unspecified atom stereocenters. The Balaban J connectivity index is 2.71. The maximum absolute atomic E-state index is 12.1. The summed E-state index contributed by atoms with van der Waals surface area (Å²) in [5.41, 5.74) is -0.469. The Kier molecular flexibility index (Phi) is 4.65. The van der Waals surface area contributed by atoms with Crippen molar-refractivity contribution in [2.24, 2.45) is 17.8 Å². The van der Waals surface area contributed by atoms with E-state index in [4.69, 9.17) is 4.74 Å². The molecule has 1 aliphatic heterocycles. The average Bonchev–Trinajstić information content (AvgIpc) is 2.18. The van der Waals surface area contributed by atoms with Gasteiger partial charge in [0.25, 0.3) is 0 Å². The molecule has 1 rings (SSSR count). The highest BCUT2D eigenvalue weighted by Crippen LogP contribution is 2.28. The van der Waals surface area contributed by atoms with Crippen molar-refractivity contribution in [2.45, 2.75) is 53.2 Å². The predicted molar refractivity (Wildman–Crippen MR) is 71.3 cm³/mol. The molecule has 4 nitrogen and oxygen atoms in total. The first-order valence-corrected chi connectivity index (χ1v) is 6.78. The highest BCUT2D eigenvalue weighted by atomic mass is 16.6. The lowest BCUT2D eigenvalue weighted by atomic mass is 9.80. The van der Waals surface area contributed by atoms with Crippen LogP contribution in [0.15, 0.2) is 0 Å². The minimum atomic E-state index is -0.469. The second-order valence-corrected chi connectivity index (χ2v) is 6.76. The third-order valence-electron chi connectivity index (χ3n) is 3.47. The number of rotatable bonds is 1. The number of carbonyl (C=O) groups is 1. The molecule has 0 bridgehead atoms. The highest BCUT2D eigenvalue weighted by Gasteiger charge is 2.37. The van der Waals surface area contributed by atoms with Gasteiger partial charge in [-0.15, -0.1) is 0 Å². The molecule has 0 radical (unpaired) electrons. The van der Waals surface area contributed by atoms with Gasteiger partial charge < -0.3 is 14.7 Å². The number of amides is 1.